The van der Waals surface area contributed by atoms with E-state index >= 15 is 0 Å². The summed E-state index contributed by atoms with van der Waals surface area (Å²) in [6.45, 7) is 1.88. The Bertz CT molecular complexity index is 1210. The van der Waals surface area contributed by atoms with Gasteiger partial charge >= 0.3 is 0 Å². The first-order valence-corrected chi connectivity index (χ1v) is 9.15. The number of nitrogen functional groups attached to an aromatic ring is 1. The lowest BCUT2D eigenvalue weighted by Gasteiger charge is -2.11. The molecule has 0 unspecified atom stereocenters. The van der Waals surface area contributed by atoms with E-state index in [1.807, 2.05) is 37.3 Å². The fourth-order valence-corrected chi connectivity index (χ4v) is 3.27. The number of carbonyl (C=O) groups excluding carboxylic acids is 1. The molecule has 0 aliphatic heterocycles. The number of nitrogens with two attached hydrogens (primary N) is 1. The molecule has 2 heterocycles. The number of rotatable bonds is 5. The van der Waals surface area contributed by atoms with Gasteiger partial charge < -0.3 is 10.2 Å². The molecular weight excluding hydrogens is 386 g/mol. The first kappa shape index (κ1) is 19.2. The van der Waals surface area contributed by atoms with Crippen LogP contribution in [0.4, 0.5) is 0 Å². The molecule has 2 aromatic carbocycles. The summed E-state index contributed by atoms with van der Waals surface area (Å²) in [6.07, 6.45) is 2.05. The van der Waals surface area contributed by atoms with Gasteiger partial charge in [0, 0.05) is 17.3 Å². The molecule has 0 aliphatic rings. The Balaban J connectivity index is 1.99. The van der Waals surface area contributed by atoms with Crippen LogP contribution in [0.5, 0.6) is 11.5 Å². The third-order valence-corrected chi connectivity index (χ3v) is 4.76. The van der Waals surface area contributed by atoms with Crippen molar-refractivity contribution >= 4 is 5.91 Å². The first-order valence-electron chi connectivity index (χ1n) is 9.15. The average molecular weight is 405 g/mol. The lowest BCUT2D eigenvalue weighted by molar-refractivity contribution is 0.0949. The van der Waals surface area contributed by atoms with Crippen molar-refractivity contribution in [3.8, 4) is 39.8 Å². The molecule has 0 fully saturated rings. The predicted octanol–water partition coefficient (Wildman–Crippen LogP) is 1.90. The van der Waals surface area contributed by atoms with Crippen molar-refractivity contribution in [1.29, 1.82) is 0 Å². The van der Waals surface area contributed by atoms with Gasteiger partial charge in [0.1, 0.15) is 29.2 Å². The molecule has 2 aromatic heterocycles. The van der Waals surface area contributed by atoms with E-state index in [0.717, 1.165) is 5.69 Å². The minimum Gasteiger partial charge on any atom is -0.508 e. The standard InChI is InChI=1S/C20H19N7O3/c1-2-11-8-13(15(29)9-14(11)28)17-16(18(25-24-17)20(30)23-21)19-26-22-10-27(19)12-6-4-3-5-7-12/h3-10,28-29H,2,21H2,1H3,(H,23,30)(H,24,25). The second kappa shape index (κ2) is 7.68. The summed E-state index contributed by atoms with van der Waals surface area (Å²) in [7, 11) is 0. The Kier molecular flexibility index (Phi) is 4.90. The number of benzene rings is 2. The van der Waals surface area contributed by atoms with Crippen LogP contribution in [-0.2, 0) is 6.42 Å². The third-order valence-electron chi connectivity index (χ3n) is 4.76. The van der Waals surface area contributed by atoms with E-state index in [1.165, 1.54) is 12.4 Å². The van der Waals surface area contributed by atoms with Gasteiger partial charge in [-0.2, -0.15) is 5.10 Å². The predicted molar refractivity (Wildman–Crippen MR) is 109 cm³/mol. The van der Waals surface area contributed by atoms with Crippen LogP contribution < -0.4 is 11.3 Å². The van der Waals surface area contributed by atoms with Gasteiger partial charge in [0.2, 0.25) is 0 Å². The molecule has 1 amide bonds. The Morgan fingerprint density at radius 2 is 1.97 bits per heavy atom. The lowest BCUT2D eigenvalue weighted by Crippen LogP contribution is -2.30. The lowest BCUT2D eigenvalue weighted by atomic mass is 10.00. The minimum absolute atomic E-state index is 0.0248. The summed E-state index contributed by atoms with van der Waals surface area (Å²) in [5.74, 6) is 4.85. The Morgan fingerprint density at radius 1 is 1.20 bits per heavy atom. The molecule has 0 radical (unpaired) electrons. The summed E-state index contributed by atoms with van der Waals surface area (Å²) >= 11 is 0. The van der Waals surface area contributed by atoms with Crippen LogP contribution in [0, 0.1) is 0 Å². The highest BCUT2D eigenvalue weighted by molar-refractivity contribution is 6.02. The van der Waals surface area contributed by atoms with E-state index in [0.29, 0.717) is 28.9 Å². The van der Waals surface area contributed by atoms with E-state index in [9.17, 15) is 15.0 Å². The molecule has 0 bridgehead atoms. The number of amides is 1. The highest BCUT2D eigenvalue weighted by Gasteiger charge is 2.27. The molecule has 0 atom stereocenters. The van der Waals surface area contributed by atoms with Gasteiger partial charge in [-0.05, 0) is 30.2 Å². The number of carbonyl (C=O) groups is 1. The monoisotopic (exact) mass is 405 g/mol. The summed E-state index contributed by atoms with van der Waals surface area (Å²) < 4.78 is 1.69. The number of phenols is 2. The number of hydrazine groups is 1. The number of aromatic hydroxyl groups is 2. The number of nitrogens with zero attached hydrogens (tertiary/aromatic N) is 4. The van der Waals surface area contributed by atoms with Crippen LogP contribution in [0.3, 0.4) is 0 Å². The van der Waals surface area contributed by atoms with E-state index in [-0.39, 0.29) is 22.9 Å². The minimum atomic E-state index is -0.611. The van der Waals surface area contributed by atoms with Gasteiger partial charge in [-0.3, -0.25) is 19.9 Å². The Labute approximate surface area is 171 Å². The van der Waals surface area contributed by atoms with Crippen molar-refractivity contribution < 1.29 is 15.0 Å². The zero-order valence-corrected chi connectivity index (χ0v) is 16.0. The van der Waals surface area contributed by atoms with Gasteiger partial charge in [-0.25, -0.2) is 5.84 Å². The topological polar surface area (TPSA) is 155 Å². The number of aromatic amines is 1. The number of aryl methyl sites for hydroxylation is 1. The molecular formula is C20H19N7O3. The fourth-order valence-electron chi connectivity index (χ4n) is 3.27. The molecule has 4 aromatic rings. The maximum Gasteiger partial charge on any atom is 0.283 e. The van der Waals surface area contributed by atoms with Crippen LogP contribution in [0.1, 0.15) is 23.0 Å². The van der Waals surface area contributed by atoms with E-state index in [1.54, 1.807) is 10.6 Å². The van der Waals surface area contributed by atoms with Gasteiger partial charge in [0.15, 0.2) is 5.82 Å². The van der Waals surface area contributed by atoms with Crippen molar-refractivity contribution in [1.82, 2.24) is 30.4 Å². The van der Waals surface area contributed by atoms with Gasteiger partial charge in [-0.15, -0.1) is 10.2 Å². The molecule has 0 aliphatic carbocycles. The normalized spacial score (nSPS) is 10.9. The highest BCUT2D eigenvalue weighted by Crippen LogP contribution is 2.40. The Morgan fingerprint density at radius 3 is 2.67 bits per heavy atom. The number of phenolic OH excluding ortho intramolecular Hbond substituents is 2. The zero-order chi connectivity index (χ0) is 21.3. The maximum absolute atomic E-state index is 12.4. The molecule has 0 spiro atoms. The molecule has 4 rings (SSSR count). The fraction of sp³-hybridized carbons (Fsp3) is 0.100. The molecule has 0 saturated heterocycles. The number of hydrogen-bond acceptors (Lipinski definition) is 7. The number of nitrogens with one attached hydrogen (secondary N) is 2. The molecule has 152 valence electrons. The molecule has 0 saturated carbocycles. The van der Waals surface area contributed by atoms with Crippen LogP contribution in [-0.4, -0.2) is 41.1 Å². The summed E-state index contributed by atoms with van der Waals surface area (Å²) in [6, 6.07) is 12.2. The van der Waals surface area contributed by atoms with Gasteiger partial charge in [0.05, 0.1) is 5.56 Å². The smallest absolute Gasteiger partial charge is 0.283 e. The number of aromatic nitrogens is 5. The van der Waals surface area contributed by atoms with Crippen LogP contribution in [0.15, 0.2) is 48.8 Å². The van der Waals surface area contributed by atoms with Gasteiger partial charge in [0.25, 0.3) is 5.91 Å². The van der Waals surface area contributed by atoms with Crippen molar-refractivity contribution in [2.24, 2.45) is 5.84 Å². The molecule has 6 N–H and O–H groups in total. The zero-order valence-electron chi connectivity index (χ0n) is 16.0. The summed E-state index contributed by atoms with van der Waals surface area (Å²) in [4.78, 5) is 12.4. The average Bonchev–Trinajstić information content (AvgIpc) is 3.41. The number of hydrogen-bond donors (Lipinski definition) is 5. The van der Waals surface area contributed by atoms with Crippen molar-refractivity contribution in [3.05, 3.63) is 60.0 Å². The molecule has 30 heavy (non-hydrogen) atoms. The summed E-state index contributed by atoms with van der Waals surface area (Å²) in [5.41, 5.74) is 4.44. The largest absolute Gasteiger partial charge is 0.508 e. The second-order valence-electron chi connectivity index (χ2n) is 6.51. The van der Waals surface area contributed by atoms with E-state index in [4.69, 9.17) is 5.84 Å². The van der Waals surface area contributed by atoms with Crippen molar-refractivity contribution in [2.45, 2.75) is 13.3 Å². The van der Waals surface area contributed by atoms with Crippen molar-refractivity contribution in [2.75, 3.05) is 0 Å². The first-order chi connectivity index (χ1) is 14.5. The van der Waals surface area contributed by atoms with E-state index < -0.39 is 5.91 Å². The third kappa shape index (κ3) is 3.14. The van der Waals surface area contributed by atoms with Crippen LogP contribution >= 0.6 is 0 Å². The number of H-pyrrole nitrogens is 1. The second-order valence-corrected chi connectivity index (χ2v) is 6.51. The van der Waals surface area contributed by atoms with E-state index in [2.05, 4.69) is 25.8 Å². The van der Waals surface area contributed by atoms with Gasteiger partial charge in [-0.1, -0.05) is 25.1 Å². The van der Waals surface area contributed by atoms with Crippen LogP contribution in [0.2, 0.25) is 0 Å². The van der Waals surface area contributed by atoms with Crippen LogP contribution in [0.25, 0.3) is 28.3 Å². The maximum atomic E-state index is 12.4. The molecule has 10 nitrogen and oxygen atoms in total. The highest BCUT2D eigenvalue weighted by atomic mass is 16.3. The Hall–Kier alpha value is -4.18. The van der Waals surface area contributed by atoms with Crippen molar-refractivity contribution in [3.63, 3.8) is 0 Å². The quantitative estimate of drug-likeness (QED) is 0.193. The summed E-state index contributed by atoms with van der Waals surface area (Å²) in [5, 5.41) is 35.6. The SMILES string of the molecule is CCc1cc(-c2n[nH]c(C(=O)NN)c2-c2nncn2-c2ccccc2)c(O)cc1O. The molecule has 10 heteroatoms. The number of para-hydroxylation sites is 1.